The van der Waals surface area contributed by atoms with Gasteiger partial charge in [0.25, 0.3) is 5.91 Å². The molecule has 1 amide bonds. The third-order valence-electron chi connectivity index (χ3n) is 4.52. The Labute approximate surface area is 167 Å². The summed E-state index contributed by atoms with van der Waals surface area (Å²) in [5, 5.41) is 2.70. The molecule has 1 N–H and O–H groups in total. The molecule has 154 valence electrons. The molecule has 0 unspecified atom stereocenters. The quantitative estimate of drug-likeness (QED) is 0.746. The Morgan fingerprint density at radius 2 is 1.97 bits per heavy atom. The van der Waals surface area contributed by atoms with E-state index < -0.39 is 29.9 Å². The lowest BCUT2D eigenvalue weighted by molar-refractivity contribution is -0.150. The fourth-order valence-electron chi connectivity index (χ4n) is 3.25. The molecular weight excluding hydrogens is 381 g/mol. The molecule has 2 atom stereocenters. The lowest BCUT2D eigenvalue weighted by Gasteiger charge is -2.24. The predicted molar refractivity (Wildman–Crippen MR) is 103 cm³/mol. The van der Waals surface area contributed by atoms with Crippen LogP contribution in [0.15, 0.2) is 36.4 Å². The highest BCUT2D eigenvalue weighted by Gasteiger charge is 2.35. The number of halogens is 1. The largest absolute Gasteiger partial charge is 0.493 e. The lowest BCUT2D eigenvalue weighted by atomic mass is 9.98. The Bertz CT molecular complexity index is 916. The van der Waals surface area contributed by atoms with Crippen LogP contribution in [0, 0.1) is 5.82 Å². The van der Waals surface area contributed by atoms with Crippen molar-refractivity contribution < 1.29 is 32.9 Å². The van der Waals surface area contributed by atoms with E-state index in [0.717, 1.165) is 0 Å². The second-order valence-corrected chi connectivity index (χ2v) is 6.32. The number of esters is 1. The van der Waals surface area contributed by atoms with Crippen molar-refractivity contribution in [3.63, 3.8) is 0 Å². The average molecular weight is 403 g/mol. The third-order valence-corrected chi connectivity index (χ3v) is 4.52. The summed E-state index contributed by atoms with van der Waals surface area (Å²) in [7, 11) is 2.97. The second kappa shape index (κ2) is 8.91. The number of carbonyl (C=O) groups is 2. The minimum absolute atomic E-state index is 0.186. The van der Waals surface area contributed by atoms with Gasteiger partial charge in [-0.1, -0.05) is 12.1 Å². The molecular formula is C21H22FNO6. The topological polar surface area (TPSA) is 83.1 Å². The van der Waals surface area contributed by atoms with Crippen LogP contribution in [-0.4, -0.2) is 38.8 Å². The molecule has 1 aliphatic heterocycles. The van der Waals surface area contributed by atoms with E-state index in [2.05, 4.69) is 5.32 Å². The molecule has 2 aromatic carbocycles. The van der Waals surface area contributed by atoms with Gasteiger partial charge in [0, 0.05) is 16.8 Å². The zero-order chi connectivity index (χ0) is 21.0. The number of anilines is 1. The van der Waals surface area contributed by atoms with Crippen LogP contribution in [0.25, 0.3) is 0 Å². The van der Waals surface area contributed by atoms with Gasteiger partial charge in [-0.05, 0) is 31.2 Å². The van der Waals surface area contributed by atoms with E-state index in [4.69, 9.17) is 18.9 Å². The van der Waals surface area contributed by atoms with Crippen molar-refractivity contribution >= 4 is 17.6 Å². The molecule has 0 bridgehead atoms. The molecule has 0 aliphatic carbocycles. The first-order valence-corrected chi connectivity index (χ1v) is 9.10. The zero-order valence-corrected chi connectivity index (χ0v) is 16.4. The van der Waals surface area contributed by atoms with Gasteiger partial charge < -0.3 is 24.3 Å². The van der Waals surface area contributed by atoms with Gasteiger partial charge >= 0.3 is 5.97 Å². The fraction of sp³-hybridized carbons (Fsp3) is 0.333. The summed E-state index contributed by atoms with van der Waals surface area (Å²) in [6, 6.07) is 9.16. The van der Waals surface area contributed by atoms with Crippen LogP contribution in [0.2, 0.25) is 0 Å². The summed E-state index contributed by atoms with van der Waals surface area (Å²) in [4.78, 5) is 24.6. The first kappa shape index (κ1) is 20.6. The Kier molecular flexibility index (Phi) is 6.33. The molecule has 0 aromatic heterocycles. The number of amides is 1. The Morgan fingerprint density at radius 1 is 1.17 bits per heavy atom. The van der Waals surface area contributed by atoms with Crippen LogP contribution in [-0.2, 0) is 19.1 Å². The van der Waals surface area contributed by atoms with Crippen LogP contribution in [0.1, 0.15) is 30.6 Å². The fourth-order valence-corrected chi connectivity index (χ4v) is 3.25. The number of methoxy groups -OCH3 is 2. The van der Waals surface area contributed by atoms with E-state index in [1.165, 1.54) is 32.4 Å². The van der Waals surface area contributed by atoms with Crippen molar-refractivity contribution in [1.29, 1.82) is 0 Å². The summed E-state index contributed by atoms with van der Waals surface area (Å²) in [6.07, 6.45) is -2.30. The number of benzene rings is 2. The summed E-state index contributed by atoms with van der Waals surface area (Å²) in [6.45, 7) is 1.86. The number of rotatable bonds is 6. The van der Waals surface area contributed by atoms with E-state index in [0.29, 0.717) is 28.3 Å². The average Bonchev–Trinajstić information content (AvgIpc) is 2.84. The molecule has 0 fully saturated rings. The first-order chi connectivity index (χ1) is 14.0. The van der Waals surface area contributed by atoms with Gasteiger partial charge in [-0.25, -0.2) is 4.39 Å². The van der Waals surface area contributed by atoms with E-state index in [-0.39, 0.29) is 13.0 Å². The van der Waals surface area contributed by atoms with Gasteiger partial charge in [-0.15, -0.1) is 0 Å². The van der Waals surface area contributed by atoms with Gasteiger partial charge in [0.2, 0.25) is 0 Å². The number of hydrogen-bond acceptors (Lipinski definition) is 6. The number of fused-ring (bicyclic) bond motifs is 1. The maximum Gasteiger partial charge on any atom is 0.308 e. The predicted octanol–water partition coefficient (Wildman–Crippen LogP) is 3.22. The minimum atomic E-state index is -1.13. The van der Waals surface area contributed by atoms with Crippen molar-refractivity contribution in [2.75, 3.05) is 26.1 Å². The van der Waals surface area contributed by atoms with Crippen molar-refractivity contribution in [3.05, 3.63) is 53.3 Å². The van der Waals surface area contributed by atoms with Crippen LogP contribution in [0.5, 0.6) is 11.5 Å². The van der Waals surface area contributed by atoms with Crippen LogP contribution >= 0.6 is 0 Å². The number of carbonyl (C=O) groups excluding carboxylic acids is 2. The third kappa shape index (κ3) is 4.32. The Balaban J connectivity index is 2.10. The molecule has 29 heavy (non-hydrogen) atoms. The maximum absolute atomic E-state index is 14.1. The molecule has 1 heterocycles. The Hall–Kier alpha value is -3.13. The zero-order valence-electron chi connectivity index (χ0n) is 16.4. The summed E-state index contributed by atoms with van der Waals surface area (Å²) in [5.41, 5.74) is 1.32. The highest BCUT2D eigenvalue weighted by molar-refractivity contribution is 5.97. The summed E-state index contributed by atoms with van der Waals surface area (Å²) < 4.78 is 35.9. The number of ether oxygens (including phenoxy) is 4. The van der Waals surface area contributed by atoms with Crippen LogP contribution in [0.4, 0.5) is 10.1 Å². The maximum atomic E-state index is 14.1. The number of nitrogens with one attached hydrogen (secondary N) is 1. The minimum Gasteiger partial charge on any atom is -0.493 e. The normalized spacial score (nSPS) is 18.3. The first-order valence-electron chi connectivity index (χ1n) is 9.10. The molecule has 0 saturated carbocycles. The number of para-hydroxylation sites is 1. The molecule has 0 radical (unpaired) electrons. The van der Waals surface area contributed by atoms with Gasteiger partial charge in [-0.3, -0.25) is 9.59 Å². The van der Waals surface area contributed by atoms with Crippen LogP contribution < -0.4 is 14.8 Å². The number of hydrogen-bond donors (Lipinski definition) is 1. The molecule has 1 aliphatic rings. The molecule has 0 spiro atoms. The summed E-state index contributed by atoms with van der Waals surface area (Å²) >= 11 is 0. The lowest BCUT2D eigenvalue weighted by Crippen LogP contribution is -2.32. The molecule has 8 heteroatoms. The SMILES string of the molecule is CCOC(=O)C[C@H]1O[C@H](c2cccc(OC)c2OC)c2cc(F)ccc2NC1=O. The molecule has 0 saturated heterocycles. The van der Waals surface area contributed by atoms with E-state index in [1.807, 2.05) is 0 Å². The van der Waals surface area contributed by atoms with Crippen molar-refractivity contribution in [1.82, 2.24) is 0 Å². The van der Waals surface area contributed by atoms with Crippen molar-refractivity contribution in [3.8, 4) is 11.5 Å². The van der Waals surface area contributed by atoms with Crippen molar-refractivity contribution in [2.45, 2.75) is 25.6 Å². The standard InChI is InChI=1S/C21H22FNO6/c1-4-28-18(24)11-17-21(25)23-15-9-8-12(22)10-14(15)19(29-17)13-6-5-7-16(26-2)20(13)27-3/h5-10,17,19H,4,11H2,1-3H3,(H,23,25)/t17-,19-/m1/s1. The highest BCUT2D eigenvalue weighted by Crippen LogP contribution is 2.43. The second-order valence-electron chi connectivity index (χ2n) is 6.32. The molecule has 3 rings (SSSR count). The smallest absolute Gasteiger partial charge is 0.308 e. The van der Waals surface area contributed by atoms with Gasteiger partial charge in [0.05, 0.1) is 27.2 Å². The van der Waals surface area contributed by atoms with E-state index in [9.17, 15) is 14.0 Å². The van der Waals surface area contributed by atoms with Gasteiger partial charge in [0.15, 0.2) is 11.5 Å². The summed E-state index contributed by atoms with van der Waals surface area (Å²) in [5.74, 6) is -0.731. The van der Waals surface area contributed by atoms with E-state index in [1.54, 1.807) is 25.1 Å². The van der Waals surface area contributed by atoms with Gasteiger partial charge in [-0.2, -0.15) is 0 Å². The monoisotopic (exact) mass is 403 g/mol. The van der Waals surface area contributed by atoms with E-state index >= 15 is 0 Å². The van der Waals surface area contributed by atoms with Crippen molar-refractivity contribution in [2.24, 2.45) is 0 Å². The van der Waals surface area contributed by atoms with Crippen LogP contribution in [0.3, 0.4) is 0 Å². The molecule has 2 aromatic rings. The highest BCUT2D eigenvalue weighted by atomic mass is 19.1. The Morgan fingerprint density at radius 3 is 2.66 bits per heavy atom. The molecule has 7 nitrogen and oxygen atoms in total. The van der Waals surface area contributed by atoms with Gasteiger partial charge in [0.1, 0.15) is 18.0 Å².